The summed E-state index contributed by atoms with van der Waals surface area (Å²) in [6.45, 7) is 12.3. The Balaban J connectivity index is 1.87. The largest absolute Gasteiger partial charge is 0.379 e. The van der Waals surface area contributed by atoms with Crippen molar-refractivity contribution in [1.82, 2.24) is 25.8 Å². The standard InChI is InChI=1S/C42H65N5O7S/c1-10-30(6)40(46(8)42(51)39(29(4)5)45-41(50)38(43-7)28(2)3)34(54-9)26-37(49)47-25-17-22-33(47)35(55(52,53)32-20-15-12-16-21-32)27-36(48)44-24-23-31-18-13-11-14-19-31/h11-16,18-21,28-30,33-35,38-40,43H,10,17,22-27H2,1-9H3,(H,44,48)(H,45,50). The molecule has 55 heavy (non-hydrogen) atoms. The number of nitrogens with zero attached hydrogens (tertiary/aromatic N) is 2. The molecule has 0 saturated carbocycles. The van der Waals surface area contributed by atoms with Crippen molar-refractivity contribution in [3.8, 4) is 0 Å². The van der Waals surface area contributed by atoms with Gasteiger partial charge in [0.25, 0.3) is 0 Å². The molecule has 0 aromatic heterocycles. The summed E-state index contributed by atoms with van der Waals surface area (Å²) < 4.78 is 34.5. The molecule has 2 aromatic carbocycles. The highest BCUT2D eigenvalue weighted by molar-refractivity contribution is 7.92. The van der Waals surface area contributed by atoms with E-state index in [9.17, 15) is 27.6 Å². The fourth-order valence-electron chi connectivity index (χ4n) is 7.73. The van der Waals surface area contributed by atoms with Crippen molar-refractivity contribution in [3.05, 3.63) is 66.2 Å². The second-order valence-electron chi connectivity index (χ2n) is 15.5. The van der Waals surface area contributed by atoms with Crippen LogP contribution >= 0.6 is 0 Å². The normalized spacial score (nSPS) is 17.9. The van der Waals surface area contributed by atoms with Crippen LogP contribution in [0.3, 0.4) is 0 Å². The first-order chi connectivity index (χ1) is 26.1. The van der Waals surface area contributed by atoms with E-state index in [2.05, 4.69) is 16.0 Å². The molecule has 1 saturated heterocycles. The summed E-state index contributed by atoms with van der Waals surface area (Å²) in [5, 5.41) is 7.73. The van der Waals surface area contributed by atoms with Crippen molar-refractivity contribution in [2.75, 3.05) is 34.3 Å². The Labute approximate surface area is 329 Å². The average molecular weight is 784 g/mol. The van der Waals surface area contributed by atoms with Crippen LogP contribution in [0.25, 0.3) is 0 Å². The Morgan fingerprint density at radius 1 is 0.909 bits per heavy atom. The minimum atomic E-state index is -4.03. The SMILES string of the molecule is CCC(C)C(C(CC(=O)N1CCCC1C(CC(=O)NCCc1ccccc1)S(=O)(=O)c1ccccc1)OC)N(C)C(=O)C(NC(=O)C(NC)C(C)C)C(C)C. The highest BCUT2D eigenvalue weighted by atomic mass is 32.2. The minimum absolute atomic E-state index is 0.00750. The molecule has 0 bridgehead atoms. The summed E-state index contributed by atoms with van der Waals surface area (Å²) in [6.07, 6.45) is 1.16. The van der Waals surface area contributed by atoms with E-state index in [0.717, 1.165) is 5.56 Å². The van der Waals surface area contributed by atoms with Crippen LogP contribution in [-0.4, -0.2) is 112 Å². The molecule has 13 heteroatoms. The summed E-state index contributed by atoms with van der Waals surface area (Å²) in [7, 11) is 0.880. The summed E-state index contributed by atoms with van der Waals surface area (Å²) >= 11 is 0. The Bertz CT molecular complexity index is 1640. The number of amides is 4. The van der Waals surface area contributed by atoms with Gasteiger partial charge >= 0.3 is 0 Å². The number of ether oxygens (including phenoxy) is 1. The first kappa shape index (κ1) is 45.6. The van der Waals surface area contributed by atoms with Gasteiger partial charge in [-0.05, 0) is 61.8 Å². The first-order valence-electron chi connectivity index (χ1n) is 19.7. The topological polar surface area (TPSA) is 154 Å². The molecule has 0 aliphatic carbocycles. The van der Waals surface area contributed by atoms with Crippen LogP contribution in [0.1, 0.15) is 79.2 Å². The van der Waals surface area contributed by atoms with Crippen molar-refractivity contribution < 1.29 is 32.3 Å². The number of sulfone groups is 1. The van der Waals surface area contributed by atoms with Gasteiger partial charge in [0.15, 0.2) is 9.84 Å². The van der Waals surface area contributed by atoms with E-state index >= 15 is 0 Å². The fraction of sp³-hybridized carbons (Fsp3) is 0.619. The van der Waals surface area contributed by atoms with E-state index in [1.165, 1.54) is 19.2 Å². The number of benzene rings is 2. The highest BCUT2D eigenvalue weighted by Crippen LogP contribution is 2.32. The van der Waals surface area contributed by atoms with Gasteiger partial charge < -0.3 is 30.5 Å². The van der Waals surface area contributed by atoms with Crippen molar-refractivity contribution >= 4 is 33.5 Å². The lowest BCUT2D eigenvalue weighted by Crippen LogP contribution is -2.59. The molecule has 1 fully saturated rings. The van der Waals surface area contributed by atoms with Gasteiger partial charge in [0.05, 0.1) is 34.8 Å². The Kier molecular flexibility index (Phi) is 17.8. The van der Waals surface area contributed by atoms with Crippen molar-refractivity contribution in [1.29, 1.82) is 0 Å². The van der Waals surface area contributed by atoms with Gasteiger partial charge in [-0.1, -0.05) is 96.5 Å². The van der Waals surface area contributed by atoms with Crippen molar-refractivity contribution in [2.24, 2.45) is 17.8 Å². The maximum Gasteiger partial charge on any atom is 0.245 e. The van der Waals surface area contributed by atoms with Gasteiger partial charge in [0.2, 0.25) is 23.6 Å². The number of likely N-dealkylation sites (N-methyl/N-ethyl adjacent to an activating group) is 2. The lowest BCUT2D eigenvalue weighted by Gasteiger charge is -2.40. The van der Waals surface area contributed by atoms with Gasteiger partial charge in [-0.3, -0.25) is 19.2 Å². The van der Waals surface area contributed by atoms with Gasteiger partial charge in [0, 0.05) is 39.7 Å². The average Bonchev–Trinajstić information content (AvgIpc) is 3.65. The molecule has 3 N–H and O–H groups in total. The summed E-state index contributed by atoms with van der Waals surface area (Å²) in [6, 6.07) is 15.2. The second kappa shape index (κ2) is 21.5. The first-order valence-corrected chi connectivity index (χ1v) is 21.3. The number of hydrogen-bond acceptors (Lipinski definition) is 8. The fourth-order valence-corrected chi connectivity index (χ4v) is 9.69. The Morgan fingerprint density at radius 2 is 1.51 bits per heavy atom. The van der Waals surface area contributed by atoms with E-state index in [1.54, 1.807) is 42.1 Å². The Hall–Kier alpha value is -3.81. The monoisotopic (exact) mass is 783 g/mol. The van der Waals surface area contributed by atoms with E-state index in [1.807, 2.05) is 71.9 Å². The molecule has 1 aliphatic rings. The lowest BCUT2D eigenvalue weighted by molar-refractivity contribution is -0.146. The molecule has 7 atom stereocenters. The van der Waals surface area contributed by atoms with Crippen LogP contribution in [-0.2, 0) is 40.2 Å². The van der Waals surface area contributed by atoms with E-state index < -0.39 is 51.3 Å². The second-order valence-corrected chi connectivity index (χ2v) is 17.7. The zero-order chi connectivity index (χ0) is 40.9. The molecule has 1 aliphatic heterocycles. The summed E-state index contributed by atoms with van der Waals surface area (Å²) in [4.78, 5) is 58.5. The molecule has 2 aromatic rings. The molecule has 0 radical (unpaired) electrons. The predicted molar refractivity (Wildman–Crippen MR) is 216 cm³/mol. The molecule has 7 unspecified atom stereocenters. The molecule has 1 heterocycles. The number of likely N-dealkylation sites (tertiary alicyclic amines) is 1. The molecular weight excluding hydrogens is 719 g/mol. The smallest absolute Gasteiger partial charge is 0.245 e. The van der Waals surface area contributed by atoms with Gasteiger partial charge in [-0.15, -0.1) is 0 Å². The third-order valence-electron chi connectivity index (χ3n) is 11.1. The van der Waals surface area contributed by atoms with Gasteiger partial charge in [-0.25, -0.2) is 8.42 Å². The number of nitrogens with one attached hydrogen (secondary N) is 3. The van der Waals surface area contributed by atoms with Crippen LogP contribution in [0, 0.1) is 17.8 Å². The van der Waals surface area contributed by atoms with Crippen LogP contribution < -0.4 is 16.0 Å². The molecule has 3 rings (SSSR count). The zero-order valence-corrected chi connectivity index (χ0v) is 35.1. The maximum absolute atomic E-state index is 14.4. The molecule has 4 amide bonds. The quantitative estimate of drug-likeness (QED) is 0.170. The summed E-state index contributed by atoms with van der Waals surface area (Å²) in [5.41, 5.74) is 1.05. The van der Waals surface area contributed by atoms with Crippen LogP contribution in [0.4, 0.5) is 0 Å². The van der Waals surface area contributed by atoms with E-state index in [0.29, 0.717) is 38.8 Å². The van der Waals surface area contributed by atoms with Crippen LogP contribution in [0.2, 0.25) is 0 Å². The molecule has 12 nitrogen and oxygen atoms in total. The molecule has 0 spiro atoms. The minimum Gasteiger partial charge on any atom is -0.379 e. The lowest BCUT2D eigenvalue weighted by atomic mass is 9.89. The number of carbonyl (C=O) groups is 4. The Morgan fingerprint density at radius 3 is 2.05 bits per heavy atom. The maximum atomic E-state index is 14.4. The van der Waals surface area contributed by atoms with Gasteiger partial charge in [-0.2, -0.15) is 0 Å². The number of methoxy groups -OCH3 is 1. The van der Waals surface area contributed by atoms with Crippen LogP contribution in [0.5, 0.6) is 0 Å². The van der Waals surface area contributed by atoms with Crippen molar-refractivity contribution in [3.63, 3.8) is 0 Å². The molecule has 306 valence electrons. The van der Waals surface area contributed by atoms with E-state index in [-0.39, 0.29) is 53.2 Å². The third kappa shape index (κ3) is 12.1. The zero-order valence-electron chi connectivity index (χ0n) is 34.3. The third-order valence-corrected chi connectivity index (χ3v) is 13.3. The number of carbonyl (C=O) groups excluding carboxylic acids is 4. The summed E-state index contributed by atoms with van der Waals surface area (Å²) in [5.74, 6) is -1.54. The molecular formula is C42H65N5O7S. The van der Waals surface area contributed by atoms with Gasteiger partial charge in [0.1, 0.15) is 6.04 Å². The van der Waals surface area contributed by atoms with Crippen molar-refractivity contribution in [2.45, 2.75) is 120 Å². The van der Waals surface area contributed by atoms with Crippen LogP contribution in [0.15, 0.2) is 65.6 Å². The predicted octanol–water partition coefficient (Wildman–Crippen LogP) is 4.23. The number of hydrogen-bond donors (Lipinski definition) is 3. The van der Waals surface area contributed by atoms with E-state index in [4.69, 9.17) is 4.74 Å². The number of rotatable bonds is 21. The highest BCUT2D eigenvalue weighted by Gasteiger charge is 2.45.